The fourth-order valence-electron chi connectivity index (χ4n) is 2.96. The van der Waals surface area contributed by atoms with Crippen molar-refractivity contribution >= 4 is 5.97 Å². The number of unbranched alkanes of at least 4 members (excludes halogenated alkanes) is 2. The van der Waals surface area contributed by atoms with E-state index in [0.717, 1.165) is 50.6 Å². The molecule has 0 bridgehead atoms. The molecule has 1 fully saturated rings. The molecule has 1 aliphatic rings. The smallest absolute Gasteiger partial charge is 0.335 e. The van der Waals surface area contributed by atoms with Gasteiger partial charge in [-0.05, 0) is 37.0 Å². The first-order valence-corrected chi connectivity index (χ1v) is 9.18. The normalized spacial score (nSPS) is 19.5. The Labute approximate surface area is 149 Å². The van der Waals surface area contributed by atoms with Crippen LogP contribution in [0, 0.1) is 0 Å². The van der Waals surface area contributed by atoms with Gasteiger partial charge in [0.05, 0.1) is 24.3 Å². The molecular formula is C20H29NO4. The van der Waals surface area contributed by atoms with Crippen LogP contribution in [0.2, 0.25) is 0 Å². The molecule has 1 saturated heterocycles. The molecule has 1 heterocycles. The number of hydroxylamine groups is 2. The molecule has 1 unspecified atom stereocenters. The Morgan fingerprint density at radius 3 is 2.80 bits per heavy atom. The number of rotatable bonds is 10. The van der Waals surface area contributed by atoms with Crippen molar-refractivity contribution in [1.29, 1.82) is 0 Å². The minimum Gasteiger partial charge on any atom is -0.478 e. The Bertz CT molecular complexity index is 555. The second kappa shape index (κ2) is 10.3. The Morgan fingerprint density at radius 1 is 1.36 bits per heavy atom. The fourth-order valence-corrected chi connectivity index (χ4v) is 2.96. The van der Waals surface area contributed by atoms with E-state index >= 15 is 0 Å². The molecule has 0 amide bonds. The zero-order chi connectivity index (χ0) is 18.1. The third-order valence-corrected chi connectivity index (χ3v) is 4.52. The Balaban J connectivity index is 1.79. The van der Waals surface area contributed by atoms with Crippen LogP contribution in [-0.4, -0.2) is 46.5 Å². The van der Waals surface area contributed by atoms with Gasteiger partial charge in [0, 0.05) is 6.54 Å². The number of carboxylic acid groups (broad SMARTS) is 1. The molecule has 0 aromatic heterocycles. The third kappa shape index (κ3) is 6.61. The number of aliphatic hydroxyl groups is 1. The third-order valence-electron chi connectivity index (χ3n) is 4.52. The van der Waals surface area contributed by atoms with Crippen molar-refractivity contribution < 1.29 is 19.8 Å². The lowest BCUT2D eigenvalue weighted by Crippen LogP contribution is -2.29. The molecule has 2 atom stereocenters. The van der Waals surface area contributed by atoms with Crippen molar-refractivity contribution in [3.05, 3.63) is 47.5 Å². The Hall–Kier alpha value is -1.69. The minimum atomic E-state index is -0.905. The molecule has 5 nitrogen and oxygen atoms in total. The van der Waals surface area contributed by atoms with Crippen LogP contribution in [-0.2, 0) is 11.3 Å². The van der Waals surface area contributed by atoms with E-state index in [4.69, 9.17) is 9.94 Å². The van der Waals surface area contributed by atoms with Crippen LogP contribution >= 0.6 is 0 Å². The highest BCUT2D eigenvalue weighted by molar-refractivity contribution is 5.87. The van der Waals surface area contributed by atoms with Gasteiger partial charge in [-0.25, -0.2) is 4.79 Å². The molecule has 1 aliphatic heterocycles. The van der Waals surface area contributed by atoms with E-state index in [2.05, 4.69) is 13.0 Å². The monoisotopic (exact) mass is 347 g/mol. The van der Waals surface area contributed by atoms with E-state index in [1.807, 2.05) is 23.3 Å². The number of carbonyl (C=O) groups is 1. The Kier molecular flexibility index (Phi) is 8.12. The molecule has 25 heavy (non-hydrogen) atoms. The average Bonchev–Trinajstić information content (AvgIpc) is 3.06. The van der Waals surface area contributed by atoms with Gasteiger partial charge in [-0.1, -0.05) is 50.5 Å². The molecule has 2 rings (SSSR count). The highest BCUT2D eigenvalue weighted by Gasteiger charge is 2.23. The summed E-state index contributed by atoms with van der Waals surface area (Å²) in [5, 5.41) is 20.9. The highest BCUT2D eigenvalue weighted by atomic mass is 16.7. The summed E-state index contributed by atoms with van der Waals surface area (Å²) in [5.41, 5.74) is 1.39. The van der Waals surface area contributed by atoms with Crippen LogP contribution in [0.4, 0.5) is 0 Å². The summed E-state index contributed by atoms with van der Waals surface area (Å²) in [4.78, 5) is 16.6. The molecule has 0 radical (unpaired) electrons. The van der Waals surface area contributed by atoms with Crippen molar-refractivity contribution in [1.82, 2.24) is 5.06 Å². The number of hydrogen-bond donors (Lipinski definition) is 2. The summed E-state index contributed by atoms with van der Waals surface area (Å²) in [7, 11) is 0. The molecule has 2 N–H and O–H groups in total. The molecule has 0 saturated carbocycles. The number of aromatic carboxylic acids is 1. The predicted octanol–water partition coefficient (Wildman–Crippen LogP) is 3.43. The van der Waals surface area contributed by atoms with Crippen LogP contribution in [0.1, 0.15) is 54.9 Å². The number of hydrogen-bond acceptors (Lipinski definition) is 4. The first-order chi connectivity index (χ1) is 12.1. The lowest BCUT2D eigenvalue weighted by Gasteiger charge is -2.20. The predicted molar refractivity (Wildman–Crippen MR) is 97.5 cm³/mol. The lowest BCUT2D eigenvalue weighted by molar-refractivity contribution is -0.122. The number of nitrogens with zero attached hydrogens (tertiary/aromatic N) is 1. The summed E-state index contributed by atoms with van der Waals surface area (Å²) in [5.74, 6) is -0.905. The largest absolute Gasteiger partial charge is 0.478 e. The Morgan fingerprint density at radius 2 is 2.12 bits per heavy atom. The molecule has 0 spiro atoms. The quantitative estimate of drug-likeness (QED) is 0.501. The second-order valence-electron chi connectivity index (χ2n) is 6.53. The standard InChI is InChI=1S/C20H29NO4/c1-2-3-4-5-19(22)11-10-18-13-15-25-21(18)14-12-16-6-8-17(9-7-16)20(23)24/h6-11,18-19,22H,2-5,12-15H2,1H3,(H,23,24)/t18?,19-/m1/s1. The SMILES string of the molecule is CCCCC[C@@H](O)C=CC1CCON1CCc1ccc(C(=O)O)cc1. The van der Waals surface area contributed by atoms with Crippen LogP contribution in [0.5, 0.6) is 0 Å². The summed E-state index contributed by atoms with van der Waals surface area (Å²) in [6, 6.07) is 7.15. The van der Waals surface area contributed by atoms with Crippen molar-refractivity contribution in [3.63, 3.8) is 0 Å². The zero-order valence-electron chi connectivity index (χ0n) is 14.9. The van der Waals surface area contributed by atoms with E-state index in [0.29, 0.717) is 12.2 Å². The number of carboxylic acids is 1. The van der Waals surface area contributed by atoms with Gasteiger partial charge in [0.1, 0.15) is 0 Å². The summed E-state index contributed by atoms with van der Waals surface area (Å²) in [6.45, 7) is 3.59. The maximum atomic E-state index is 10.9. The maximum Gasteiger partial charge on any atom is 0.335 e. The van der Waals surface area contributed by atoms with E-state index in [9.17, 15) is 9.90 Å². The molecule has 5 heteroatoms. The van der Waals surface area contributed by atoms with Gasteiger partial charge in [-0.15, -0.1) is 0 Å². The zero-order valence-corrected chi connectivity index (χ0v) is 14.9. The topological polar surface area (TPSA) is 70.0 Å². The molecule has 0 aliphatic carbocycles. The number of benzene rings is 1. The molecular weight excluding hydrogens is 318 g/mol. The maximum absolute atomic E-state index is 10.9. The van der Waals surface area contributed by atoms with Gasteiger partial charge in [0.2, 0.25) is 0 Å². The summed E-state index contributed by atoms with van der Waals surface area (Å²) in [6.07, 6.45) is 9.48. The van der Waals surface area contributed by atoms with E-state index in [-0.39, 0.29) is 12.1 Å². The molecule has 1 aromatic carbocycles. The van der Waals surface area contributed by atoms with E-state index < -0.39 is 5.97 Å². The van der Waals surface area contributed by atoms with E-state index in [1.165, 1.54) is 0 Å². The van der Waals surface area contributed by atoms with Gasteiger partial charge >= 0.3 is 5.97 Å². The van der Waals surface area contributed by atoms with Gasteiger partial charge in [-0.3, -0.25) is 4.84 Å². The van der Waals surface area contributed by atoms with Crippen molar-refractivity contribution in [2.45, 2.75) is 57.6 Å². The molecule has 1 aromatic rings. The highest BCUT2D eigenvalue weighted by Crippen LogP contribution is 2.18. The lowest BCUT2D eigenvalue weighted by atomic mass is 10.1. The summed E-state index contributed by atoms with van der Waals surface area (Å²) < 4.78 is 0. The first kappa shape index (κ1) is 19.6. The van der Waals surface area contributed by atoms with Gasteiger partial charge < -0.3 is 10.2 Å². The van der Waals surface area contributed by atoms with Gasteiger partial charge in [-0.2, -0.15) is 5.06 Å². The average molecular weight is 347 g/mol. The van der Waals surface area contributed by atoms with Crippen molar-refractivity contribution in [2.75, 3.05) is 13.2 Å². The molecule has 138 valence electrons. The van der Waals surface area contributed by atoms with Gasteiger partial charge in [0.25, 0.3) is 0 Å². The minimum absolute atomic E-state index is 0.194. The fraction of sp³-hybridized carbons (Fsp3) is 0.550. The van der Waals surface area contributed by atoms with Crippen LogP contribution in [0.15, 0.2) is 36.4 Å². The second-order valence-corrected chi connectivity index (χ2v) is 6.53. The first-order valence-electron chi connectivity index (χ1n) is 9.18. The van der Waals surface area contributed by atoms with Crippen LogP contribution in [0.25, 0.3) is 0 Å². The van der Waals surface area contributed by atoms with E-state index in [1.54, 1.807) is 12.1 Å². The van der Waals surface area contributed by atoms with Crippen LogP contribution < -0.4 is 0 Å². The number of aliphatic hydroxyl groups excluding tert-OH is 1. The summed E-state index contributed by atoms with van der Waals surface area (Å²) >= 11 is 0. The van der Waals surface area contributed by atoms with Crippen LogP contribution in [0.3, 0.4) is 0 Å². The van der Waals surface area contributed by atoms with Crippen molar-refractivity contribution in [3.8, 4) is 0 Å². The van der Waals surface area contributed by atoms with Crippen molar-refractivity contribution in [2.24, 2.45) is 0 Å². The van der Waals surface area contributed by atoms with Gasteiger partial charge in [0.15, 0.2) is 0 Å².